The first-order valence-corrected chi connectivity index (χ1v) is 4.93. The van der Waals surface area contributed by atoms with Crippen LogP contribution in [-0.4, -0.2) is 10.1 Å². The Morgan fingerprint density at radius 2 is 2.15 bits per heavy atom. The number of pyridine rings is 1. The van der Waals surface area contributed by atoms with Crippen molar-refractivity contribution in [2.24, 2.45) is 5.92 Å². The minimum absolute atomic E-state index is 0.339. The number of aliphatic hydroxyl groups excluding tert-OH is 1. The van der Waals surface area contributed by atoms with E-state index in [1.807, 2.05) is 0 Å². The van der Waals surface area contributed by atoms with Crippen molar-refractivity contribution in [3.63, 3.8) is 0 Å². The van der Waals surface area contributed by atoms with Gasteiger partial charge in [0.05, 0.1) is 15.7 Å². The second-order valence-corrected chi connectivity index (χ2v) is 4.15. The zero-order chi connectivity index (χ0) is 9.42. The third-order valence-corrected chi connectivity index (χ3v) is 2.69. The molecule has 0 aliphatic heterocycles. The van der Waals surface area contributed by atoms with Crippen LogP contribution in [0.15, 0.2) is 12.3 Å². The first kappa shape index (κ1) is 9.25. The highest BCUT2D eigenvalue weighted by atomic mass is 35.5. The van der Waals surface area contributed by atoms with E-state index in [2.05, 4.69) is 4.98 Å². The Kier molecular flexibility index (Phi) is 2.45. The molecule has 0 saturated heterocycles. The summed E-state index contributed by atoms with van der Waals surface area (Å²) in [6.45, 7) is 0. The summed E-state index contributed by atoms with van der Waals surface area (Å²) in [6.07, 6.45) is 3.10. The molecule has 0 bridgehead atoms. The maximum absolute atomic E-state index is 9.74. The number of hydrogen-bond donors (Lipinski definition) is 1. The summed E-state index contributed by atoms with van der Waals surface area (Å²) in [6, 6.07) is 1.61. The van der Waals surface area contributed by atoms with Crippen LogP contribution >= 0.6 is 23.2 Å². The quantitative estimate of drug-likeness (QED) is 0.827. The molecule has 1 unspecified atom stereocenters. The molecule has 1 heterocycles. The van der Waals surface area contributed by atoms with Gasteiger partial charge in [-0.3, -0.25) is 4.98 Å². The lowest BCUT2D eigenvalue weighted by Gasteiger charge is -2.09. The standard InChI is InChI=1S/C9H9Cl2NO/c10-6-3-7(11)8(12-4-6)9(13)5-1-2-5/h3-5,9,13H,1-2H2. The van der Waals surface area contributed by atoms with Gasteiger partial charge >= 0.3 is 0 Å². The first-order chi connectivity index (χ1) is 6.18. The van der Waals surface area contributed by atoms with Gasteiger partial charge in [-0.05, 0) is 24.8 Å². The molecule has 0 aromatic carbocycles. The summed E-state index contributed by atoms with van der Waals surface area (Å²) in [5.74, 6) is 0.339. The zero-order valence-corrected chi connectivity index (χ0v) is 8.39. The summed E-state index contributed by atoms with van der Waals surface area (Å²) in [7, 11) is 0. The second kappa shape index (κ2) is 3.45. The van der Waals surface area contributed by atoms with Crippen LogP contribution in [0.3, 0.4) is 0 Å². The molecule has 13 heavy (non-hydrogen) atoms. The monoisotopic (exact) mass is 217 g/mol. The molecule has 0 amide bonds. The predicted molar refractivity (Wildman–Crippen MR) is 51.9 cm³/mol. The molecular formula is C9H9Cl2NO. The van der Waals surface area contributed by atoms with Gasteiger partial charge < -0.3 is 5.11 Å². The minimum Gasteiger partial charge on any atom is -0.386 e. The van der Waals surface area contributed by atoms with Crippen molar-refractivity contribution in [2.75, 3.05) is 0 Å². The van der Waals surface area contributed by atoms with Crippen molar-refractivity contribution in [1.82, 2.24) is 4.98 Å². The van der Waals surface area contributed by atoms with Gasteiger partial charge in [-0.2, -0.15) is 0 Å². The number of hydrogen-bond acceptors (Lipinski definition) is 2. The summed E-state index contributed by atoms with van der Waals surface area (Å²) in [5.41, 5.74) is 0.550. The fourth-order valence-corrected chi connectivity index (χ4v) is 1.77. The lowest BCUT2D eigenvalue weighted by atomic mass is 10.1. The van der Waals surface area contributed by atoms with Crippen molar-refractivity contribution in [3.8, 4) is 0 Å². The van der Waals surface area contributed by atoms with E-state index >= 15 is 0 Å². The van der Waals surface area contributed by atoms with Crippen molar-refractivity contribution in [3.05, 3.63) is 28.0 Å². The van der Waals surface area contributed by atoms with E-state index < -0.39 is 6.10 Å². The van der Waals surface area contributed by atoms with Crippen molar-refractivity contribution >= 4 is 23.2 Å². The van der Waals surface area contributed by atoms with E-state index in [1.54, 1.807) is 6.07 Å². The minimum atomic E-state index is -0.523. The average molecular weight is 218 g/mol. The number of halogens is 2. The number of aromatic nitrogens is 1. The van der Waals surface area contributed by atoms with Crippen molar-refractivity contribution < 1.29 is 5.11 Å². The predicted octanol–water partition coefficient (Wildman–Crippen LogP) is 2.83. The van der Waals surface area contributed by atoms with Gasteiger partial charge in [-0.1, -0.05) is 23.2 Å². The van der Waals surface area contributed by atoms with Crippen LogP contribution in [0.1, 0.15) is 24.6 Å². The molecule has 1 aromatic rings. The molecule has 1 N–H and O–H groups in total. The highest BCUT2D eigenvalue weighted by Crippen LogP contribution is 2.42. The Bertz CT molecular complexity index is 325. The van der Waals surface area contributed by atoms with Crippen LogP contribution in [0.2, 0.25) is 10.0 Å². The van der Waals surface area contributed by atoms with Gasteiger partial charge in [0.25, 0.3) is 0 Å². The van der Waals surface area contributed by atoms with Gasteiger partial charge in [-0.15, -0.1) is 0 Å². The van der Waals surface area contributed by atoms with Gasteiger partial charge in [-0.25, -0.2) is 0 Å². The molecule has 1 fully saturated rings. The molecule has 1 aliphatic rings. The molecule has 4 heteroatoms. The SMILES string of the molecule is OC(c1ncc(Cl)cc1Cl)C1CC1. The van der Waals surface area contributed by atoms with E-state index in [4.69, 9.17) is 23.2 Å². The van der Waals surface area contributed by atoms with Gasteiger partial charge in [0, 0.05) is 6.20 Å². The molecule has 1 aliphatic carbocycles. The highest BCUT2D eigenvalue weighted by Gasteiger charge is 2.32. The summed E-state index contributed by atoms with van der Waals surface area (Å²) in [4.78, 5) is 4.03. The Hall–Kier alpha value is -0.310. The van der Waals surface area contributed by atoms with Crippen LogP contribution in [0.5, 0.6) is 0 Å². The van der Waals surface area contributed by atoms with Crippen molar-refractivity contribution in [1.29, 1.82) is 0 Å². The summed E-state index contributed by atoms with van der Waals surface area (Å²) >= 11 is 11.6. The smallest absolute Gasteiger partial charge is 0.100 e. The lowest BCUT2D eigenvalue weighted by Crippen LogP contribution is -2.03. The third kappa shape index (κ3) is 1.96. The molecule has 1 aromatic heterocycles. The fraction of sp³-hybridized carbons (Fsp3) is 0.444. The molecule has 1 saturated carbocycles. The van der Waals surface area contributed by atoms with E-state index in [-0.39, 0.29) is 0 Å². The van der Waals surface area contributed by atoms with Crippen molar-refractivity contribution in [2.45, 2.75) is 18.9 Å². The summed E-state index contributed by atoms with van der Waals surface area (Å²) < 4.78 is 0. The van der Waals surface area contributed by atoms with E-state index in [0.29, 0.717) is 21.7 Å². The first-order valence-electron chi connectivity index (χ1n) is 4.17. The Morgan fingerprint density at radius 1 is 1.46 bits per heavy atom. The van der Waals surface area contributed by atoms with Gasteiger partial charge in [0.1, 0.15) is 6.10 Å². The molecule has 0 radical (unpaired) electrons. The molecule has 2 nitrogen and oxygen atoms in total. The Morgan fingerprint density at radius 3 is 2.69 bits per heavy atom. The van der Waals surface area contributed by atoms with E-state index in [0.717, 1.165) is 12.8 Å². The number of nitrogens with zero attached hydrogens (tertiary/aromatic N) is 1. The Balaban J connectivity index is 2.28. The maximum Gasteiger partial charge on any atom is 0.100 e. The largest absolute Gasteiger partial charge is 0.386 e. The Labute approximate surface area is 86.5 Å². The summed E-state index contributed by atoms with van der Waals surface area (Å²) in [5, 5.41) is 10.7. The molecule has 1 atom stereocenters. The fourth-order valence-electron chi connectivity index (χ4n) is 1.28. The maximum atomic E-state index is 9.74. The average Bonchev–Trinajstić information content (AvgIpc) is 2.85. The van der Waals surface area contributed by atoms with Crippen LogP contribution in [-0.2, 0) is 0 Å². The third-order valence-electron chi connectivity index (χ3n) is 2.18. The van der Waals surface area contributed by atoms with Gasteiger partial charge in [0.15, 0.2) is 0 Å². The second-order valence-electron chi connectivity index (χ2n) is 3.30. The highest BCUT2D eigenvalue weighted by molar-refractivity contribution is 6.34. The molecule has 2 rings (SSSR count). The number of rotatable bonds is 2. The van der Waals surface area contributed by atoms with E-state index in [1.165, 1.54) is 6.20 Å². The topological polar surface area (TPSA) is 33.1 Å². The zero-order valence-electron chi connectivity index (χ0n) is 6.87. The number of aliphatic hydroxyl groups is 1. The van der Waals surface area contributed by atoms with Crippen LogP contribution < -0.4 is 0 Å². The molecular weight excluding hydrogens is 209 g/mol. The molecule has 0 spiro atoms. The molecule has 70 valence electrons. The van der Waals surface area contributed by atoms with Gasteiger partial charge in [0.2, 0.25) is 0 Å². The van der Waals surface area contributed by atoms with E-state index in [9.17, 15) is 5.11 Å². The normalized spacial score (nSPS) is 18.7. The van der Waals surface area contributed by atoms with Crippen LogP contribution in [0.25, 0.3) is 0 Å². The van der Waals surface area contributed by atoms with Crippen LogP contribution in [0, 0.1) is 5.92 Å². The lowest BCUT2D eigenvalue weighted by molar-refractivity contribution is 0.149. The van der Waals surface area contributed by atoms with Crippen LogP contribution in [0.4, 0.5) is 0 Å².